The summed E-state index contributed by atoms with van der Waals surface area (Å²) < 4.78 is 5.05. The molecule has 20 heavy (non-hydrogen) atoms. The molecule has 1 saturated carbocycles. The van der Waals surface area contributed by atoms with Crippen molar-refractivity contribution in [2.45, 2.75) is 31.7 Å². The number of ether oxygens (including phenoxy) is 1. The fourth-order valence-electron chi connectivity index (χ4n) is 2.23. The number of amides is 2. The topological polar surface area (TPSA) is 87.7 Å². The van der Waals surface area contributed by atoms with Gasteiger partial charge in [-0.25, -0.2) is 9.59 Å². The normalized spacial score (nSPS) is 14.8. The SMILES string of the molecule is O=C(O)COc1cccc(NC(=O)NC2CCCC2)c1. The average molecular weight is 278 g/mol. The number of nitrogens with one attached hydrogen (secondary N) is 2. The second kappa shape index (κ2) is 6.79. The quantitative estimate of drug-likeness (QED) is 0.770. The summed E-state index contributed by atoms with van der Waals surface area (Å²) in [5.74, 6) is -0.631. The van der Waals surface area contributed by atoms with Crippen LogP contribution in [0.4, 0.5) is 10.5 Å². The highest BCUT2D eigenvalue weighted by Gasteiger charge is 2.16. The van der Waals surface area contributed by atoms with Crippen LogP contribution in [0.5, 0.6) is 5.75 Å². The number of carbonyl (C=O) groups excluding carboxylic acids is 1. The van der Waals surface area contributed by atoms with E-state index >= 15 is 0 Å². The molecule has 1 aromatic rings. The van der Waals surface area contributed by atoms with Crippen LogP contribution in [-0.4, -0.2) is 29.8 Å². The van der Waals surface area contributed by atoms with Gasteiger partial charge in [0.25, 0.3) is 0 Å². The first-order valence-electron chi connectivity index (χ1n) is 6.65. The van der Waals surface area contributed by atoms with Crippen LogP contribution in [0.2, 0.25) is 0 Å². The maximum Gasteiger partial charge on any atom is 0.341 e. The first kappa shape index (κ1) is 14.2. The molecule has 2 rings (SSSR count). The zero-order valence-corrected chi connectivity index (χ0v) is 11.1. The van der Waals surface area contributed by atoms with E-state index in [0.29, 0.717) is 11.4 Å². The lowest BCUT2D eigenvalue weighted by Crippen LogP contribution is -2.36. The van der Waals surface area contributed by atoms with Gasteiger partial charge in [-0.15, -0.1) is 0 Å². The lowest BCUT2D eigenvalue weighted by molar-refractivity contribution is -0.139. The zero-order valence-electron chi connectivity index (χ0n) is 11.1. The number of hydrogen-bond acceptors (Lipinski definition) is 3. The maximum absolute atomic E-state index is 11.8. The molecule has 108 valence electrons. The fraction of sp³-hybridized carbons (Fsp3) is 0.429. The van der Waals surface area contributed by atoms with Gasteiger partial charge >= 0.3 is 12.0 Å². The number of anilines is 1. The first-order chi connectivity index (χ1) is 9.63. The van der Waals surface area contributed by atoms with Gasteiger partial charge in [-0.1, -0.05) is 18.9 Å². The second-order valence-corrected chi connectivity index (χ2v) is 4.79. The van der Waals surface area contributed by atoms with E-state index in [2.05, 4.69) is 10.6 Å². The molecular weight excluding hydrogens is 260 g/mol. The molecule has 0 bridgehead atoms. The Balaban J connectivity index is 1.86. The van der Waals surface area contributed by atoms with Gasteiger partial charge in [0.1, 0.15) is 5.75 Å². The summed E-state index contributed by atoms with van der Waals surface area (Å²) >= 11 is 0. The van der Waals surface area contributed by atoms with Gasteiger partial charge in [-0.2, -0.15) is 0 Å². The van der Waals surface area contributed by atoms with Crippen molar-refractivity contribution in [1.82, 2.24) is 5.32 Å². The predicted octanol–water partition coefficient (Wildman–Crippen LogP) is 2.21. The molecule has 6 nitrogen and oxygen atoms in total. The van der Waals surface area contributed by atoms with Crippen molar-refractivity contribution in [3.8, 4) is 5.75 Å². The van der Waals surface area contributed by atoms with Gasteiger partial charge in [0.15, 0.2) is 6.61 Å². The smallest absolute Gasteiger partial charge is 0.341 e. The average Bonchev–Trinajstić information content (AvgIpc) is 2.89. The molecule has 0 saturated heterocycles. The third-order valence-electron chi connectivity index (χ3n) is 3.14. The van der Waals surface area contributed by atoms with Crippen LogP contribution < -0.4 is 15.4 Å². The Morgan fingerprint density at radius 1 is 1.30 bits per heavy atom. The van der Waals surface area contributed by atoms with E-state index in [4.69, 9.17) is 9.84 Å². The molecule has 6 heteroatoms. The van der Waals surface area contributed by atoms with Crippen molar-refractivity contribution >= 4 is 17.7 Å². The molecule has 0 heterocycles. The molecule has 1 aliphatic carbocycles. The van der Waals surface area contributed by atoms with Crippen molar-refractivity contribution in [3.05, 3.63) is 24.3 Å². The Hall–Kier alpha value is -2.24. The number of hydrogen-bond donors (Lipinski definition) is 3. The van der Waals surface area contributed by atoms with E-state index in [1.807, 2.05) is 0 Å². The van der Waals surface area contributed by atoms with Crippen LogP contribution in [0.3, 0.4) is 0 Å². The fourth-order valence-corrected chi connectivity index (χ4v) is 2.23. The Labute approximate surface area is 117 Å². The largest absolute Gasteiger partial charge is 0.482 e. The van der Waals surface area contributed by atoms with E-state index in [1.165, 1.54) is 0 Å². The predicted molar refractivity (Wildman–Crippen MR) is 74.0 cm³/mol. The molecule has 1 aliphatic rings. The molecular formula is C14H18N2O4. The third kappa shape index (κ3) is 4.46. The molecule has 3 N–H and O–H groups in total. The number of urea groups is 1. The van der Waals surface area contributed by atoms with Crippen LogP contribution in [0.25, 0.3) is 0 Å². The number of carbonyl (C=O) groups is 2. The van der Waals surface area contributed by atoms with Gasteiger partial charge < -0.3 is 20.5 Å². The van der Waals surface area contributed by atoms with Gasteiger partial charge in [0.2, 0.25) is 0 Å². The van der Waals surface area contributed by atoms with Crippen molar-refractivity contribution < 1.29 is 19.4 Å². The Kier molecular flexibility index (Phi) is 4.81. The maximum atomic E-state index is 11.8. The van der Waals surface area contributed by atoms with Gasteiger partial charge in [-0.05, 0) is 25.0 Å². The van der Waals surface area contributed by atoms with Crippen LogP contribution >= 0.6 is 0 Å². The van der Waals surface area contributed by atoms with E-state index in [-0.39, 0.29) is 12.1 Å². The van der Waals surface area contributed by atoms with E-state index < -0.39 is 12.6 Å². The summed E-state index contributed by atoms with van der Waals surface area (Å²) in [4.78, 5) is 22.2. The highest BCUT2D eigenvalue weighted by Crippen LogP contribution is 2.19. The van der Waals surface area contributed by atoms with E-state index in [0.717, 1.165) is 25.7 Å². The van der Waals surface area contributed by atoms with Crippen LogP contribution in [0, 0.1) is 0 Å². The number of rotatable bonds is 5. The lowest BCUT2D eigenvalue weighted by Gasteiger charge is -2.13. The molecule has 0 unspecified atom stereocenters. The van der Waals surface area contributed by atoms with Crippen molar-refractivity contribution in [1.29, 1.82) is 0 Å². The van der Waals surface area contributed by atoms with Crippen molar-refractivity contribution in [2.75, 3.05) is 11.9 Å². The summed E-state index contributed by atoms with van der Waals surface area (Å²) in [5.41, 5.74) is 0.573. The minimum Gasteiger partial charge on any atom is -0.482 e. The van der Waals surface area contributed by atoms with Crippen LogP contribution in [0.1, 0.15) is 25.7 Å². The Morgan fingerprint density at radius 3 is 2.75 bits per heavy atom. The summed E-state index contributed by atoms with van der Waals surface area (Å²) in [6, 6.07) is 6.67. The summed E-state index contributed by atoms with van der Waals surface area (Å²) in [6.07, 6.45) is 4.36. The Morgan fingerprint density at radius 2 is 2.05 bits per heavy atom. The molecule has 0 spiro atoms. The number of carboxylic acid groups (broad SMARTS) is 1. The third-order valence-corrected chi connectivity index (χ3v) is 3.14. The summed E-state index contributed by atoms with van der Waals surface area (Å²) in [5, 5.41) is 14.2. The van der Waals surface area contributed by atoms with Crippen molar-refractivity contribution in [2.24, 2.45) is 0 Å². The molecule has 1 fully saturated rings. The Bertz CT molecular complexity index is 484. The van der Waals surface area contributed by atoms with Gasteiger partial charge in [0.05, 0.1) is 0 Å². The monoisotopic (exact) mass is 278 g/mol. The summed E-state index contributed by atoms with van der Waals surface area (Å²) in [7, 11) is 0. The zero-order chi connectivity index (χ0) is 14.4. The van der Waals surface area contributed by atoms with Crippen molar-refractivity contribution in [3.63, 3.8) is 0 Å². The molecule has 2 amide bonds. The molecule has 1 aromatic carbocycles. The molecule has 0 aromatic heterocycles. The summed E-state index contributed by atoms with van der Waals surface area (Å²) in [6.45, 7) is -0.405. The lowest BCUT2D eigenvalue weighted by atomic mass is 10.2. The standard InChI is InChI=1S/C14H18N2O4/c17-13(18)9-20-12-7-3-6-11(8-12)16-14(19)15-10-4-1-2-5-10/h3,6-8,10H,1-2,4-5,9H2,(H,17,18)(H2,15,16,19). The minimum absolute atomic E-state index is 0.243. The molecule has 0 aliphatic heterocycles. The van der Waals surface area contributed by atoms with Crippen LogP contribution in [-0.2, 0) is 4.79 Å². The molecule has 0 radical (unpaired) electrons. The van der Waals surface area contributed by atoms with E-state index in [9.17, 15) is 9.59 Å². The second-order valence-electron chi connectivity index (χ2n) is 4.79. The van der Waals surface area contributed by atoms with Gasteiger partial charge in [0, 0.05) is 17.8 Å². The van der Waals surface area contributed by atoms with Crippen LogP contribution in [0.15, 0.2) is 24.3 Å². The number of carboxylic acids is 1. The highest BCUT2D eigenvalue weighted by atomic mass is 16.5. The molecule has 0 atom stereocenters. The van der Waals surface area contributed by atoms with E-state index in [1.54, 1.807) is 24.3 Å². The number of aliphatic carboxylic acids is 1. The first-order valence-corrected chi connectivity index (χ1v) is 6.65. The highest BCUT2D eigenvalue weighted by molar-refractivity contribution is 5.89. The number of benzene rings is 1. The minimum atomic E-state index is -1.04. The van der Waals surface area contributed by atoms with Gasteiger partial charge in [-0.3, -0.25) is 0 Å².